The van der Waals surface area contributed by atoms with Crippen LogP contribution in [0.15, 0.2) is 18.2 Å². The van der Waals surface area contributed by atoms with E-state index in [0.717, 1.165) is 50.2 Å². The van der Waals surface area contributed by atoms with E-state index in [4.69, 9.17) is 9.47 Å². The zero-order chi connectivity index (χ0) is 17.9. The molecule has 2 heterocycles. The third-order valence-electron chi connectivity index (χ3n) is 4.91. The summed E-state index contributed by atoms with van der Waals surface area (Å²) in [6.07, 6.45) is 4.08. The Balaban J connectivity index is 1.47. The number of piperidine rings is 1. The summed E-state index contributed by atoms with van der Waals surface area (Å²) in [6, 6.07) is 6.15. The molecular weight excluding hydrogens is 316 g/mol. The lowest BCUT2D eigenvalue weighted by Crippen LogP contribution is -2.46. The van der Waals surface area contributed by atoms with Gasteiger partial charge in [0.15, 0.2) is 18.1 Å². The number of likely N-dealkylation sites (tertiary alicyclic amines) is 1. The molecule has 2 aliphatic heterocycles. The second-order valence-electron chi connectivity index (χ2n) is 7.76. The number of ether oxygens (including phenoxy) is 2. The van der Waals surface area contributed by atoms with Crippen molar-refractivity contribution in [1.29, 1.82) is 0 Å². The summed E-state index contributed by atoms with van der Waals surface area (Å²) < 4.78 is 11.7. The molecule has 0 saturated carbocycles. The minimum atomic E-state index is -0.212. The molecule has 3 rings (SSSR count). The van der Waals surface area contributed by atoms with Crippen molar-refractivity contribution >= 4 is 5.91 Å². The quantitative estimate of drug-likeness (QED) is 0.860. The molecule has 1 N–H and O–H groups in total. The van der Waals surface area contributed by atoms with E-state index in [0.29, 0.717) is 5.75 Å². The molecule has 0 radical (unpaired) electrons. The smallest absolute Gasteiger partial charge is 0.258 e. The minimum absolute atomic E-state index is 0.0371. The van der Waals surface area contributed by atoms with Gasteiger partial charge in [-0.2, -0.15) is 0 Å². The van der Waals surface area contributed by atoms with Gasteiger partial charge in [0.05, 0.1) is 0 Å². The van der Waals surface area contributed by atoms with Gasteiger partial charge in [0.1, 0.15) is 5.60 Å². The number of fused-ring (bicyclic) bond motifs is 1. The molecule has 1 amide bonds. The molecule has 25 heavy (non-hydrogen) atoms. The minimum Gasteiger partial charge on any atom is -0.483 e. The maximum absolute atomic E-state index is 12.2. The first-order valence-corrected chi connectivity index (χ1v) is 9.42. The number of carbonyl (C=O) groups is 1. The highest BCUT2D eigenvalue weighted by molar-refractivity contribution is 5.78. The number of nitrogens with one attached hydrogen (secondary N) is 1. The number of hydrogen-bond acceptors (Lipinski definition) is 4. The Labute approximate surface area is 150 Å². The fourth-order valence-corrected chi connectivity index (χ4v) is 3.73. The van der Waals surface area contributed by atoms with Crippen molar-refractivity contribution in [3.63, 3.8) is 0 Å². The normalized spacial score (nSPS) is 20.0. The van der Waals surface area contributed by atoms with Crippen LogP contribution >= 0.6 is 0 Å². The van der Waals surface area contributed by atoms with Gasteiger partial charge in [-0.05, 0) is 45.7 Å². The lowest BCUT2D eigenvalue weighted by Gasteiger charge is -2.32. The number of nitrogens with zero attached hydrogens (tertiary/aromatic N) is 1. The Morgan fingerprint density at radius 2 is 2.12 bits per heavy atom. The number of amides is 1. The first-order chi connectivity index (χ1) is 12.0. The molecule has 1 aromatic rings. The van der Waals surface area contributed by atoms with E-state index in [1.165, 1.54) is 6.42 Å². The van der Waals surface area contributed by atoms with Crippen molar-refractivity contribution < 1.29 is 14.3 Å². The van der Waals surface area contributed by atoms with E-state index in [1.807, 2.05) is 12.1 Å². The van der Waals surface area contributed by atoms with E-state index in [1.54, 1.807) is 0 Å². The number of hydrogen-bond donors (Lipinski definition) is 1. The lowest BCUT2D eigenvalue weighted by molar-refractivity contribution is -0.124. The predicted molar refractivity (Wildman–Crippen MR) is 98.2 cm³/mol. The molecule has 0 spiro atoms. The summed E-state index contributed by atoms with van der Waals surface area (Å²) in [4.78, 5) is 14.7. The summed E-state index contributed by atoms with van der Waals surface area (Å²) in [5.41, 5.74) is 0.933. The van der Waals surface area contributed by atoms with Gasteiger partial charge in [-0.1, -0.05) is 19.1 Å². The fourth-order valence-electron chi connectivity index (χ4n) is 3.73. The van der Waals surface area contributed by atoms with Crippen molar-refractivity contribution in [1.82, 2.24) is 10.2 Å². The van der Waals surface area contributed by atoms with Crippen molar-refractivity contribution in [2.24, 2.45) is 0 Å². The number of benzene rings is 1. The van der Waals surface area contributed by atoms with Crippen LogP contribution in [0.5, 0.6) is 11.5 Å². The Hall–Kier alpha value is -1.75. The molecule has 0 atom stereocenters. The van der Waals surface area contributed by atoms with Crippen LogP contribution in [0.3, 0.4) is 0 Å². The summed E-state index contributed by atoms with van der Waals surface area (Å²) in [7, 11) is 0. The van der Waals surface area contributed by atoms with Crippen molar-refractivity contribution in [2.75, 3.05) is 26.2 Å². The highest BCUT2D eigenvalue weighted by Gasteiger charge is 2.32. The van der Waals surface area contributed by atoms with Crippen LogP contribution in [0.4, 0.5) is 0 Å². The second kappa shape index (κ2) is 7.65. The van der Waals surface area contributed by atoms with E-state index in [9.17, 15) is 4.79 Å². The summed E-state index contributed by atoms with van der Waals surface area (Å²) >= 11 is 0. The monoisotopic (exact) mass is 346 g/mol. The van der Waals surface area contributed by atoms with Crippen LogP contribution in [0.25, 0.3) is 0 Å². The maximum atomic E-state index is 12.2. The second-order valence-corrected chi connectivity index (χ2v) is 7.76. The Morgan fingerprint density at radius 1 is 1.36 bits per heavy atom. The average molecular weight is 346 g/mol. The maximum Gasteiger partial charge on any atom is 0.258 e. The third-order valence-corrected chi connectivity index (χ3v) is 4.91. The Kier molecular flexibility index (Phi) is 5.52. The molecule has 2 aliphatic rings. The molecular formula is C20H30N2O3. The summed E-state index contributed by atoms with van der Waals surface area (Å²) in [5.74, 6) is 1.40. The first kappa shape index (κ1) is 18.1. The van der Waals surface area contributed by atoms with Gasteiger partial charge in [-0.3, -0.25) is 4.79 Å². The molecule has 0 unspecified atom stereocenters. The largest absolute Gasteiger partial charge is 0.483 e. The number of rotatable bonds is 6. The SMILES string of the molecule is CCCN1CCC(NC(=O)COc2cccc3c2OC(C)(C)C3)CC1. The van der Waals surface area contributed by atoms with Crippen molar-refractivity contribution in [2.45, 2.75) is 58.1 Å². The van der Waals surface area contributed by atoms with Gasteiger partial charge in [-0.25, -0.2) is 0 Å². The average Bonchev–Trinajstić information content (AvgIpc) is 2.89. The van der Waals surface area contributed by atoms with Crippen LogP contribution in [-0.4, -0.2) is 48.7 Å². The van der Waals surface area contributed by atoms with Crippen LogP contribution < -0.4 is 14.8 Å². The molecule has 1 saturated heterocycles. The molecule has 0 bridgehead atoms. The first-order valence-electron chi connectivity index (χ1n) is 9.42. The van der Waals surface area contributed by atoms with E-state index in [-0.39, 0.29) is 24.2 Å². The molecule has 0 aromatic heterocycles. The van der Waals surface area contributed by atoms with E-state index < -0.39 is 0 Å². The fraction of sp³-hybridized carbons (Fsp3) is 0.650. The van der Waals surface area contributed by atoms with Crippen molar-refractivity contribution in [3.05, 3.63) is 23.8 Å². The zero-order valence-corrected chi connectivity index (χ0v) is 15.6. The highest BCUT2D eigenvalue weighted by atomic mass is 16.5. The molecule has 1 aromatic carbocycles. The van der Waals surface area contributed by atoms with Gasteiger partial charge in [-0.15, -0.1) is 0 Å². The summed E-state index contributed by atoms with van der Waals surface area (Å²) in [5, 5.41) is 3.10. The topological polar surface area (TPSA) is 50.8 Å². The molecule has 1 fully saturated rings. The lowest BCUT2D eigenvalue weighted by atomic mass is 10.0. The van der Waals surface area contributed by atoms with E-state index >= 15 is 0 Å². The predicted octanol–water partition coefficient (Wildman–Crippen LogP) is 2.77. The zero-order valence-electron chi connectivity index (χ0n) is 15.6. The standard InChI is InChI=1S/C20H30N2O3/c1-4-10-22-11-8-16(9-12-22)21-18(23)14-24-17-7-5-6-15-13-20(2,3)25-19(15)17/h5-7,16H,4,8-14H2,1-3H3,(H,21,23). The molecule has 138 valence electrons. The molecule has 5 heteroatoms. The van der Waals surface area contributed by atoms with Gasteiger partial charge < -0.3 is 19.7 Å². The third kappa shape index (κ3) is 4.66. The highest BCUT2D eigenvalue weighted by Crippen LogP contribution is 2.41. The summed E-state index contributed by atoms with van der Waals surface area (Å²) in [6.45, 7) is 9.65. The van der Waals surface area contributed by atoms with Crippen LogP contribution in [0, 0.1) is 0 Å². The molecule has 0 aliphatic carbocycles. The number of carbonyl (C=O) groups excluding carboxylic acids is 1. The van der Waals surface area contributed by atoms with Gasteiger partial charge in [0, 0.05) is 31.1 Å². The van der Waals surface area contributed by atoms with Gasteiger partial charge in [0.2, 0.25) is 0 Å². The van der Waals surface area contributed by atoms with Crippen molar-refractivity contribution in [3.8, 4) is 11.5 Å². The Morgan fingerprint density at radius 3 is 2.84 bits per heavy atom. The molecule has 5 nitrogen and oxygen atoms in total. The van der Waals surface area contributed by atoms with Crippen LogP contribution in [-0.2, 0) is 11.2 Å². The van der Waals surface area contributed by atoms with Crippen LogP contribution in [0.2, 0.25) is 0 Å². The Bertz CT molecular complexity index is 607. The van der Waals surface area contributed by atoms with Crippen LogP contribution in [0.1, 0.15) is 45.6 Å². The van der Waals surface area contributed by atoms with E-state index in [2.05, 4.69) is 37.1 Å². The van der Waals surface area contributed by atoms with Gasteiger partial charge in [0.25, 0.3) is 5.91 Å². The van der Waals surface area contributed by atoms with Gasteiger partial charge >= 0.3 is 0 Å². The number of para-hydroxylation sites is 1.